The molecular formula is C11H15ClN2O5S2. The minimum Gasteiger partial charge on any atom is -0.388 e. The number of benzene rings is 1. The van der Waals surface area contributed by atoms with Crippen LogP contribution in [0.4, 0.5) is 5.69 Å². The number of thioether (sulfide) groups is 1. The van der Waals surface area contributed by atoms with E-state index < -0.39 is 26.2 Å². The second-order valence-corrected chi connectivity index (χ2v) is 7.67. The topological polar surface area (TPSA) is 110 Å². The number of nitrogens with zero attached hydrogens (tertiary/aromatic N) is 1. The van der Waals surface area contributed by atoms with Crippen molar-refractivity contribution in [2.45, 2.75) is 17.4 Å². The smallest absolute Gasteiger partial charge is 0.289 e. The Balaban J connectivity index is 2.99. The van der Waals surface area contributed by atoms with E-state index in [2.05, 4.69) is 4.72 Å². The molecule has 1 atom stereocenters. The minimum atomic E-state index is -3.97. The second-order valence-electron chi connectivity index (χ2n) is 4.62. The number of hydrogen-bond donors (Lipinski definition) is 2. The molecule has 10 heteroatoms. The molecule has 0 saturated carbocycles. The molecule has 1 rings (SSSR count). The Morgan fingerprint density at radius 2 is 2.14 bits per heavy atom. The van der Waals surface area contributed by atoms with E-state index in [1.807, 2.05) is 0 Å². The third-order valence-corrected chi connectivity index (χ3v) is 5.15. The predicted molar refractivity (Wildman–Crippen MR) is 82.3 cm³/mol. The van der Waals surface area contributed by atoms with Crippen molar-refractivity contribution in [3.63, 3.8) is 0 Å². The average Bonchev–Trinajstić information content (AvgIpc) is 2.36. The SMILES string of the molecule is CSCC(C)(O)CNS(=O)(=O)c1ccc(Cl)c([N+](=O)[O-])c1. The van der Waals surface area contributed by atoms with Gasteiger partial charge in [-0.15, -0.1) is 0 Å². The van der Waals surface area contributed by atoms with Gasteiger partial charge >= 0.3 is 0 Å². The van der Waals surface area contributed by atoms with E-state index in [1.165, 1.54) is 24.8 Å². The summed E-state index contributed by atoms with van der Waals surface area (Å²) < 4.78 is 26.4. The van der Waals surface area contributed by atoms with Crippen LogP contribution < -0.4 is 4.72 Å². The first-order valence-corrected chi connectivity index (χ1v) is 8.99. The highest BCUT2D eigenvalue weighted by Crippen LogP contribution is 2.27. The Labute approximate surface area is 131 Å². The Kier molecular flexibility index (Phi) is 6.00. The van der Waals surface area contributed by atoms with E-state index in [1.54, 1.807) is 6.26 Å². The fraction of sp³-hybridized carbons (Fsp3) is 0.455. The fourth-order valence-electron chi connectivity index (χ4n) is 1.50. The molecule has 0 amide bonds. The molecule has 7 nitrogen and oxygen atoms in total. The van der Waals surface area contributed by atoms with Gasteiger partial charge in [0.15, 0.2) is 0 Å². The molecule has 0 aliphatic rings. The first-order chi connectivity index (χ1) is 9.59. The van der Waals surface area contributed by atoms with E-state index >= 15 is 0 Å². The molecule has 0 aromatic heterocycles. The average molecular weight is 355 g/mol. The van der Waals surface area contributed by atoms with Crippen molar-refractivity contribution in [1.29, 1.82) is 0 Å². The molecule has 0 saturated heterocycles. The molecule has 21 heavy (non-hydrogen) atoms. The molecule has 0 bridgehead atoms. The van der Waals surface area contributed by atoms with E-state index in [4.69, 9.17) is 11.6 Å². The summed E-state index contributed by atoms with van der Waals surface area (Å²) in [6.45, 7) is 1.29. The summed E-state index contributed by atoms with van der Waals surface area (Å²) in [5.74, 6) is 0.344. The highest BCUT2D eigenvalue weighted by molar-refractivity contribution is 7.98. The van der Waals surface area contributed by atoms with Gasteiger partial charge in [-0.3, -0.25) is 10.1 Å². The summed E-state index contributed by atoms with van der Waals surface area (Å²) in [7, 11) is -3.97. The highest BCUT2D eigenvalue weighted by atomic mass is 35.5. The number of aliphatic hydroxyl groups is 1. The molecular weight excluding hydrogens is 340 g/mol. The number of nitrogens with one attached hydrogen (secondary N) is 1. The number of rotatable bonds is 7. The summed E-state index contributed by atoms with van der Waals surface area (Å²) >= 11 is 7.00. The van der Waals surface area contributed by atoms with E-state index in [9.17, 15) is 23.6 Å². The molecule has 1 aromatic carbocycles. The van der Waals surface area contributed by atoms with Crippen LogP contribution in [-0.2, 0) is 10.0 Å². The second kappa shape index (κ2) is 6.93. The van der Waals surface area contributed by atoms with Crippen LogP contribution in [0.2, 0.25) is 5.02 Å². The molecule has 0 fully saturated rings. The molecule has 118 valence electrons. The van der Waals surface area contributed by atoms with Crippen LogP contribution in [0.3, 0.4) is 0 Å². The summed E-state index contributed by atoms with van der Waals surface area (Å²) in [6, 6.07) is 3.20. The monoisotopic (exact) mass is 354 g/mol. The van der Waals surface area contributed by atoms with Gasteiger partial charge in [0.05, 0.1) is 15.4 Å². The van der Waals surface area contributed by atoms with Crippen molar-refractivity contribution >= 4 is 39.1 Å². The molecule has 2 N–H and O–H groups in total. The summed E-state index contributed by atoms with van der Waals surface area (Å²) in [6.07, 6.45) is 1.78. The largest absolute Gasteiger partial charge is 0.388 e. The van der Waals surface area contributed by atoms with Crippen LogP contribution in [0.5, 0.6) is 0 Å². The van der Waals surface area contributed by atoms with Crippen LogP contribution in [0.25, 0.3) is 0 Å². The van der Waals surface area contributed by atoms with E-state index in [0.717, 1.165) is 12.1 Å². The van der Waals surface area contributed by atoms with Crippen molar-refractivity contribution in [1.82, 2.24) is 4.72 Å². The highest BCUT2D eigenvalue weighted by Gasteiger charge is 2.25. The lowest BCUT2D eigenvalue weighted by molar-refractivity contribution is -0.384. The van der Waals surface area contributed by atoms with Gasteiger partial charge in [0.2, 0.25) is 10.0 Å². The number of nitro benzene ring substituents is 1. The molecule has 0 radical (unpaired) electrons. The van der Waals surface area contributed by atoms with Crippen molar-refractivity contribution in [3.8, 4) is 0 Å². The third-order valence-electron chi connectivity index (χ3n) is 2.52. The molecule has 0 aliphatic carbocycles. The molecule has 1 unspecified atom stereocenters. The van der Waals surface area contributed by atoms with Gasteiger partial charge in [-0.05, 0) is 25.3 Å². The Morgan fingerprint density at radius 1 is 1.52 bits per heavy atom. The first kappa shape index (κ1) is 18.2. The van der Waals surface area contributed by atoms with Gasteiger partial charge in [-0.25, -0.2) is 13.1 Å². The van der Waals surface area contributed by atoms with Crippen molar-refractivity contribution in [3.05, 3.63) is 33.3 Å². The Bertz CT molecular complexity index is 634. The lowest BCUT2D eigenvalue weighted by atomic mass is 10.1. The third kappa shape index (κ3) is 5.11. The number of nitro groups is 1. The van der Waals surface area contributed by atoms with Crippen LogP contribution in [0, 0.1) is 10.1 Å². The zero-order valence-corrected chi connectivity index (χ0v) is 13.8. The molecule has 0 heterocycles. The maximum Gasteiger partial charge on any atom is 0.289 e. The zero-order valence-electron chi connectivity index (χ0n) is 11.4. The van der Waals surface area contributed by atoms with Crippen molar-refractivity contribution in [2.24, 2.45) is 0 Å². The van der Waals surface area contributed by atoms with Crippen molar-refractivity contribution in [2.75, 3.05) is 18.6 Å². The van der Waals surface area contributed by atoms with Crippen molar-refractivity contribution < 1.29 is 18.4 Å². The lowest BCUT2D eigenvalue weighted by Gasteiger charge is -2.22. The molecule has 0 aliphatic heterocycles. The van der Waals surface area contributed by atoms with Gasteiger partial charge in [0.25, 0.3) is 5.69 Å². The molecule has 1 aromatic rings. The van der Waals surface area contributed by atoms with Crippen LogP contribution >= 0.6 is 23.4 Å². The number of halogens is 1. The summed E-state index contributed by atoms with van der Waals surface area (Å²) in [4.78, 5) is 9.73. The van der Waals surface area contributed by atoms with Gasteiger partial charge < -0.3 is 5.11 Å². The van der Waals surface area contributed by atoms with Gasteiger partial charge in [-0.1, -0.05) is 11.6 Å². The summed E-state index contributed by atoms with van der Waals surface area (Å²) in [5, 5.41) is 20.6. The molecule has 0 spiro atoms. The Morgan fingerprint density at radius 3 is 2.67 bits per heavy atom. The van der Waals surface area contributed by atoms with Crippen LogP contribution in [0.15, 0.2) is 23.1 Å². The van der Waals surface area contributed by atoms with Crippen LogP contribution in [-0.4, -0.2) is 42.6 Å². The maximum absolute atomic E-state index is 12.1. The van der Waals surface area contributed by atoms with Gasteiger partial charge in [0.1, 0.15) is 5.02 Å². The summed E-state index contributed by atoms with van der Waals surface area (Å²) in [5.41, 5.74) is -1.71. The zero-order chi connectivity index (χ0) is 16.3. The maximum atomic E-state index is 12.1. The number of hydrogen-bond acceptors (Lipinski definition) is 6. The quantitative estimate of drug-likeness (QED) is 0.569. The normalized spacial score (nSPS) is 14.7. The Hall–Kier alpha value is -0.870. The standard InChI is InChI=1S/C11H15ClN2O5S2/c1-11(15,7-20-2)6-13-21(18,19)8-3-4-9(12)10(5-8)14(16)17/h3-5,13,15H,6-7H2,1-2H3. The van der Waals surface area contributed by atoms with E-state index in [0.29, 0.717) is 5.75 Å². The van der Waals surface area contributed by atoms with Gasteiger partial charge in [-0.2, -0.15) is 11.8 Å². The first-order valence-electron chi connectivity index (χ1n) is 5.74. The van der Waals surface area contributed by atoms with Gasteiger partial charge in [0, 0.05) is 18.4 Å². The van der Waals surface area contributed by atoms with E-state index in [-0.39, 0.29) is 16.5 Å². The minimum absolute atomic E-state index is 0.145. The lowest BCUT2D eigenvalue weighted by Crippen LogP contribution is -2.42. The predicted octanol–water partition coefficient (Wildman–Crippen LogP) is 1.64. The number of sulfonamides is 1. The fourth-order valence-corrected chi connectivity index (χ4v) is 3.59. The van der Waals surface area contributed by atoms with Crippen LogP contribution in [0.1, 0.15) is 6.92 Å².